The number of ether oxygens (including phenoxy) is 1. The van der Waals surface area contributed by atoms with Crippen molar-refractivity contribution < 1.29 is 13.7 Å². The minimum Gasteiger partial charge on any atom is -0.497 e. The molecule has 3 rings (SSSR count). The van der Waals surface area contributed by atoms with Crippen molar-refractivity contribution in [2.45, 2.75) is 6.92 Å². The zero-order valence-electron chi connectivity index (χ0n) is 10.6. The summed E-state index contributed by atoms with van der Waals surface area (Å²) in [4.78, 5) is 4.33. The van der Waals surface area contributed by atoms with Gasteiger partial charge in [0.05, 0.1) is 13.4 Å². The van der Waals surface area contributed by atoms with Crippen LogP contribution in [0.1, 0.15) is 5.56 Å². The van der Waals surface area contributed by atoms with Crippen molar-refractivity contribution in [2.75, 3.05) is 7.11 Å². The Morgan fingerprint density at radius 3 is 2.79 bits per heavy atom. The predicted octanol–water partition coefficient (Wildman–Crippen LogP) is 3.31. The van der Waals surface area contributed by atoms with Crippen LogP contribution >= 0.6 is 0 Å². The van der Waals surface area contributed by atoms with E-state index in [0.29, 0.717) is 17.5 Å². The first-order valence-electron chi connectivity index (χ1n) is 5.80. The Kier molecular flexibility index (Phi) is 2.79. The number of furan rings is 1. The third kappa shape index (κ3) is 2.10. The number of hydrogen-bond donors (Lipinski definition) is 0. The van der Waals surface area contributed by atoms with Gasteiger partial charge in [0.2, 0.25) is 5.82 Å². The molecule has 0 fully saturated rings. The normalized spacial score (nSPS) is 10.6. The molecule has 3 aromatic rings. The van der Waals surface area contributed by atoms with Crippen LogP contribution < -0.4 is 4.74 Å². The first-order chi connectivity index (χ1) is 9.28. The molecule has 0 radical (unpaired) electrons. The Morgan fingerprint density at radius 2 is 2.11 bits per heavy atom. The van der Waals surface area contributed by atoms with Gasteiger partial charge < -0.3 is 13.7 Å². The summed E-state index contributed by atoms with van der Waals surface area (Å²) in [6.07, 6.45) is 1.57. The Morgan fingerprint density at radius 1 is 1.21 bits per heavy atom. The molecule has 2 aromatic heterocycles. The summed E-state index contributed by atoms with van der Waals surface area (Å²) < 4.78 is 15.6. The van der Waals surface area contributed by atoms with E-state index in [-0.39, 0.29) is 0 Å². The van der Waals surface area contributed by atoms with Gasteiger partial charge in [-0.3, -0.25) is 0 Å². The van der Waals surface area contributed by atoms with E-state index in [1.807, 2.05) is 25.1 Å². The van der Waals surface area contributed by atoms with Crippen LogP contribution in [0.4, 0.5) is 0 Å². The van der Waals surface area contributed by atoms with E-state index in [4.69, 9.17) is 13.7 Å². The molecule has 0 bridgehead atoms. The predicted molar refractivity (Wildman–Crippen MR) is 68.7 cm³/mol. The highest BCUT2D eigenvalue weighted by atomic mass is 16.5. The summed E-state index contributed by atoms with van der Waals surface area (Å²) in [6, 6.07) is 9.25. The van der Waals surface area contributed by atoms with Gasteiger partial charge in [-0.1, -0.05) is 5.16 Å². The molecule has 0 saturated heterocycles. The molecule has 0 spiro atoms. The first kappa shape index (κ1) is 11.5. The van der Waals surface area contributed by atoms with Crippen molar-refractivity contribution in [2.24, 2.45) is 0 Å². The molecule has 96 valence electrons. The minimum atomic E-state index is 0.371. The Labute approximate surface area is 109 Å². The lowest BCUT2D eigenvalue weighted by Gasteiger charge is -2.03. The summed E-state index contributed by atoms with van der Waals surface area (Å²) in [5, 5.41) is 3.97. The van der Waals surface area contributed by atoms with Crippen molar-refractivity contribution >= 4 is 0 Å². The van der Waals surface area contributed by atoms with Crippen LogP contribution in [0.25, 0.3) is 23.0 Å². The average Bonchev–Trinajstić information content (AvgIpc) is 3.09. The summed E-state index contributed by atoms with van der Waals surface area (Å²) in [7, 11) is 1.64. The SMILES string of the molecule is COc1ccc(-c2noc(-c3ccco3)n2)c(C)c1. The lowest BCUT2D eigenvalue weighted by molar-refractivity contribution is 0.414. The molecule has 0 amide bonds. The smallest absolute Gasteiger partial charge is 0.293 e. The van der Waals surface area contributed by atoms with Crippen molar-refractivity contribution in [1.29, 1.82) is 0 Å². The number of benzene rings is 1. The molecule has 0 N–H and O–H groups in total. The van der Waals surface area contributed by atoms with Crippen LogP contribution in [0.2, 0.25) is 0 Å². The van der Waals surface area contributed by atoms with Gasteiger partial charge in [0.15, 0.2) is 5.76 Å². The molecule has 5 heteroatoms. The largest absolute Gasteiger partial charge is 0.497 e. The summed E-state index contributed by atoms with van der Waals surface area (Å²) in [5.74, 6) is 2.27. The van der Waals surface area contributed by atoms with Gasteiger partial charge >= 0.3 is 0 Å². The van der Waals surface area contributed by atoms with Gasteiger partial charge in [-0.05, 0) is 42.8 Å². The van der Waals surface area contributed by atoms with Crippen LogP contribution in [0.15, 0.2) is 45.5 Å². The Balaban J connectivity index is 1.99. The number of hydrogen-bond acceptors (Lipinski definition) is 5. The Hall–Kier alpha value is -2.56. The number of methoxy groups -OCH3 is 1. The molecule has 0 aliphatic heterocycles. The molecule has 0 aliphatic carbocycles. The highest BCUT2D eigenvalue weighted by Crippen LogP contribution is 2.27. The quantitative estimate of drug-likeness (QED) is 0.719. The molecular formula is C14H12N2O3. The number of aryl methyl sites for hydroxylation is 1. The van der Waals surface area contributed by atoms with Crippen molar-refractivity contribution in [3.63, 3.8) is 0 Å². The van der Waals surface area contributed by atoms with Crippen molar-refractivity contribution in [3.8, 4) is 28.8 Å². The highest BCUT2D eigenvalue weighted by Gasteiger charge is 2.14. The zero-order chi connectivity index (χ0) is 13.2. The molecular weight excluding hydrogens is 244 g/mol. The van der Waals surface area contributed by atoms with Crippen molar-refractivity contribution in [3.05, 3.63) is 42.2 Å². The molecule has 0 aliphatic rings. The van der Waals surface area contributed by atoms with E-state index in [1.165, 1.54) is 0 Å². The summed E-state index contributed by atoms with van der Waals surface area (Å²) >= 11 is 0. The van der Waals surface area contributed by atoms with E-state index in [1.54, 1.807) is 25.5 Å². The van der Waals surface area contributed by atoms with Crippen LogP contribution in [-0.2, 0) is 0 Å². The topological polar surface area (TPSA) is 61.3 Å². The average molecular weight is 256 g/mol. The van der Waals surface area contributed by atoms with Gasteiger partial charge in [0.25, 0.3) is 5.89 Å². The summed E-state index contributed by atoms with van der Waals surface area (Å²) in [6.45, 7) is 1.97. The number of rotatable bonds is 3. The van der Waals surface area contributed by atoms with E-state index in [2.05, 4.69) is 10.1 Å². The maximum atomic E-state index is 5.22. The number of nitrogens with zero attached hydrogens (tertiary/aromatic N) is 2. The second-order valence-electron chi connectivity index (χ2n) is 4.08. The van der Waals surface area contributed by atoms with Crippen LogP contribution in [0.3, 0.4) is 0 Å². The standard InChI is InChI=1S/C14H12N2O3/c1-9-8-10(17-2)5-6-11(9)13-15-14(19-16-13)12-4-3-7-18-12/h3-8H,1-2H3. The van der Waals surface area contributed by atoms with Crippen LogP contribution in [0, 0.1) is 6.92 Å². The molecule has 5 nitrogen and oxygen atoms in total. The fourth-order valence-corrected chi connectivity index (χ4v) is 1.85. The highest BCUT2D eigenvalue weighted by molar-refractivity contribution is 5.62. The maximum absolute atomic E-state index is 5.22. The number of aromatic nitrogens is 2. The molecule has 0 atom stereocenters. The van der Waals surface area contributed by atoms with Gasteiger partial charge in [-0.25, -0.2) is 0 Å². The maximum Gasteiger partial charge on any atom is 0.293 e. The van der Waals surface area contributed by atoms with Gasteiger partial charge in [-0.15, -0.1) is 0 Å². The van der Waals surface area contributed by atoms with Gasteiger partial charge in [0, 0.05) is 5.56 Å². The molecule has 0 saturated carbocycles. The third-order valence-electron chi connectivity index (χ3n) is 2.83. The second-order valence-corrected chi connectivity index (χ2v) is 4.08. The van der Waals surface area contributed by atoms with E-state index in [0.717, 1.165) is 16.9 Å². The van der Waals surface area contributed by atoms with E-state index in [9.17, 15) is 0 Å². The Bertz CT molecular complexity index is 687. The van der Waals surface area contributed by atoms with Crippen molar-refractivity contribution in [1.82, 2.24) is 10.1 Å². The van der Waals surface area contributed by atoms with Crippen LogP contribution in [0.5, 0.6) is 5.75 Å². The summed E-state index contributed by atoms with van der Waals surface area (Å²) in [5.41, 5.74) is 1.92. The fourth-order valence-electron chi connectivity index (χ4n) is 1.85. The second kappa shape index (κ2) is 4.61. The fraction of sp³-hybridized carbons (Fsp3) is 0.143. The zero-order valence-corrected chi connectivity index (χ0v) is 10.6. The molecule has 0 unspecified atom stereocenters. The van der Waals surface area contributed by atoms with E-state index < -0.39 is 0 Å². The molecule has 2 heterocycles. The van der Waals surface area contributed by atoms with Gasteiger partial charge in [0.1, 0.15) is 5.75 Å². The lowest BCUT2D eigenvalue weighted by Crippen LogP contribution is -1.88. The van der Waals surface area contributed by atoms with Crippen LogP contribution in [-0.4, -0.2) is 17.3 Å². The minimum absolute atomic E-state index is 0.371. The third-order valence-corrected chi connectivity index (χ3v) is 2.83. The first-order valence-corrected chi connectivity index (χ1v) is 5.80. The monoisotopic (exact) mass is 256 g/mol. The van der Waals surface area contributed by atoms with E-state index >= 15 is 0 Å². The lowest BCUT2D eigenvalue weighted by atomic mass is 10.1. The molecule has 19 heavy (non-hydrogen) atoms. The van der Waals surface area contributed by atoms with Gasteiger partial charge in [-0.2, -0.15) is 4.98 Å². The molecule has 1 aromatic carbocycles.